The summed E-state index contributed by atoms with van der Waals surface area (Å²) in [6.07, 6.45) is 8.93. The molecule has 10 heavy (non-hydrogen) atoms. The molecule has 1 saturated carbocycles. The number of allylic oxidation sites excluding steroid dienone is 1. The molecule has 1 aliphatic rings. The first-order valence-electron chi connectivity index (χ1n) is 4.09. The van der Waals surface area contributed by atoms with Crippen LogP contribution in [0.4, 0.5) is 0 Å². The van der Waals surface area contributed by atoms with Crippen LogP contribution in [0.5, 0.6) is 0 Å². The summed E-state index contributed by atoms with van der Waals surface area (Å²) in [6.45, 7) is 3.71. The molecular formula is C9H15I. The molecule has 0 aromatic rings. The van der Waals surface area contributed by atoms with Crippen molar-refractivity contribution in [1.29, 1.82) is 0 Å². The number of halogens is 1. The lowest BCUT2D eigenvalue weighted by Gasteiger charge is -1.94. The van der Waals surface area contributed by atoms with E-state index in [1.807, 2.05) is 6.08 Å². The predicted octanol–water partition coefficient (Wildman–Crippen LogP) is 3.56. The summed E-state index contributed by atoms with van der Waals surface area (Å²) < 4.78 is 1.02. The Kier molecular flexibility index (Phi) is 3.74. The number of hydrogen-bond donors (Lipinski definition) is 0. The molecular weight excluding hydrogens is 235 g/mol. The van der Waals surface area contributed by atoms with Crippen molar-refractivity contribution in [3.63, 3.8) is 0 Å². The van der Waals surface area contributed by atoms with E-state index in [-0.39, 0.29) is 0 Å². The maximum atomic E-state index is 3.71. The fraction of sp³-hybridized carbons (Fsp3) is 0.778. The third kappa shape index (κ3) is 3.04. The normalized spacial score (nSPS) is 30.1. The first-order chi connectivity index (χ1) is 4.84. The minimum absolute atomic E-state index is 1.02. The number of hydrogen-bond acceptors (Lipinski definition) is 0. The van der Waals surface area contributed by atoms with E-state index in [0.29, 0.717) is 0 Å². The Bertz CT molecular complexity index is 109. The van der Waals surface area contributed by atoms with Gasteiger partial charge in [-0.05, 0) is 31.6 Å². The summed E-state index contributed by atoms with van der Waals surface area (Å²) in [5.74, 6) is 1.07. The zero-order valence-corrected chi connectivity index (χ0v) is 8.51. The van der Waals surface area contributed by atoms with Gasteiger partial charge in [0.05, 0.1) is 0 Å². The lowest BCUT2D eigenvalue weighted by molar-refractivity contribution is 0.638. The van der Waals surface area contributed by atoms with Crippen LogP contribution >= 0.6 is 22.6 Å². The first-order valence-corrected chi connectivity index (χ1v) is 5.34. The lowest BCUT2D eigenvalue weighted by atomic mass is 10.1. The largest absolute Gasteiger partial charge is 0.103 e. The van der Waals surface area contributed by atoms with Crippen molar-refractivity contribution < 1.29 is 0 Å². The molecule has 1 heteroatoms. The van der Waals surface area contributed by atoms with E-state index >= 15 is 0 Å². The van der Waals surface area contributed by atoms with Gasteiger partial charge in [-0.1, -0.05) is 35.1 Å². The Labute approximate surface area is 77.2 Å². The van der Waals surface area contributed by atoms with E-state index in [2.05, 4.69) is 29.2 Å². The molecule has 58 valence electrons. The van der Waals surface area contributed by atoms with Crippen molar-refractivity contribution in [1.82, 2.24) is 0 Å². The third-order valence-corrected chi connectivity index (χ3v) is 3.60. The molecule has 0 aromatic carbocycles. The van der Waals surface area contributed by atoms with Crippen LogP contribution in [-0.2, 0) is 0 Å². The molecule has 1 aliphatic carbocycles. The van der Waals surface area contributed by atoms with E-state index in [0.717, 1.165) is 9.84 Å². The molecule has 1 rings (SSSR count). The lowest BCUT2D eigenvalue weighted by Crippen LogP contribution is -1.80. The Morgan fingerprint density at radius 2 is 2.20 bits per heavy atom. The summed E-state index contributed by atoms with van der Waals surface area (Å²) in [7, 11) is 0. The van der Waals surface area contributed by atoms with E-state index in [1.54, 1.807) is 0 Å². The monoisotopic (exact) mass is 250 g/mol. The van der Waals surface area contributed by atoms with Gasteiger partial charge in [-0.25, -0.2) is 0 Å². The van der Waals surface area contributed by atoms with Gasteiger partial charge in [-0.15, -0.1) is 6.58 Å². The van der Waals surface area contributed by atoms with Gasteiger partial charge in [0.15, 0.2) is 0 Å². The molecule has 0 heterocycles. The minimum atomic E-state index is 1.02. The zero-order valence-electron chi connectivity index (χ0n) is 6.35. The van der Waals surface area contributed by atoms with Crippen LogP contribution in [0.2, 0.25) is 0 Å². The average molecular weight is 250 g/mol. The zero-order chi connectivity index (χ0) is 7.40. The highest BCUT2D eigenvalue weighted by molar-refractivity contribution is 14.1. The van der Waals surface area contributed by atoms with Gasteiger partial charge in [0.2, 0.25) is 0 Å². The highest BCUT2D eigenvalue weighted by Crippen LogP contribution is 2.41. The van der Waals surface area contributed by atoms with Crippen molar-refractivity contribution >= 4 is 22.6 Å². The van der Waals surface area contributed by atoms with Crippen LogP contribution in [-0.4, -0.2) is 3.92 Å². The molecule has 2 atom stereocenters. The van der Waals surface area contributed by atoms with Crippen molar-refractivity contribution in [2.24, 2.45) is 5.92 Å². The van der Waals surface area contributed by atoms with E-state index in [1.165, 1.54) is 32.1 Å². The predicted molar refractivity (Wildman–Crippen MR) is 54.6 cm³/mol. The molecule has 1 fully saturated rings. The molecule has 0 bridgehead atoms. The number of unbranched alkanes of at least 4 members (excludes halogenated alkanes) is 2. The molecule has 0 nitrogen and oxygen atoms in total. The average Bonchev–Trinajstić information content (AvgIpc) is 2.60. The molecule has 0 aromatic heterocycles. The summed E-state index contributed by atoms with van der Waals surface area (Å²) in [5, 5.41) is 0. The summed E-state index contributed by atoms with van der Waals surface area (Å²) in [4.78, 5) is 0. The maximum absolute atomic E-state index is 3.71. The van der Waals surface area contributed by atoms with Gasteiger partial charge in [0, 0.05) is 3.92 Å². The van der Waals surface area contributed by atoms with Crippen molar-refractivity contribution in [3.8, 4) is 0 Å². The highest BCUT2D eigenvalue weighted by Gasteiger charge is 2.33. The molecule has 0 radical (unpaired) electrons. The van der Waals surface area contributed by atoms with Crippen LogP contribution < -0.4 is 0 Å². The second kappa shape index (κ2) is 4.37. The Hall–Kier alpha value is 0.470. The molecule has 0 spiro atoms. The van der Waals surface area contributed by atoms with Gasteiger partial charge in [-0.3, -0.25) is 0 Å². The van der Waals surface area contributed by atoms with Crippen molar-refractivity contribution in [3.05, 3.63) is 12.7 Å². The van der Waals surface area contributed by atoms with Crippen LogP contribution in [0.1, 0.15) is 32.1 Å². The van der Waals surface area contributed by atoms with E-state index in [9.17, 15) is 0 Å². The standard InChI is InChI=1S/C9H15I/c1-2-3-4-5-6-8-7-9(8)10/h2,8-9H,1,3-7H2. The second-order valence-electron chi connectivity index (χ2n) is 3.08. The molecule has 0 saturated heterocycles. The molecule has 0 amide bonds. The van der Waals surface area contributed by atoms with Crippen molar-refractivity contribution in [2.45, 2.75) is 36.0 Å². The fourth-order valence-electron chi connectivity index (χ4n) is 1.20. The second-order valence-corrected chi connectivity index (χ2v) is 4.68. The maximum Gasteiger partial charge on any atom is 0.0141 e. The smallest absolute Gasteiger partial charge is 0.0141 e. The van der Waals surface area contributed by atoms with E-state index < -0.39 is 0 Å². The highest BCUT2D eigenvalue weighted by atomic mass is 127. The fourth-order valence-corrected chi connectivity index (χ4v) is 2.22. The summed E-state index contributed by atoms with van der Waals surface area (Å²) in [5.41, 5.74) is 0. The molecule has 0 N–H and O–H groups in total. The Balaban J connectivity index is 1.82. The van der Waals surface area contributed by atoms with Crippen LogP contribution in [0.3, 0.4) is 0 Å². The number of rotatable bonds is 5. The Morgan fingerprint density at radius 1 is 1.50 bits per heavy atom. The van der Waals surface area contributed by atoms with Crippen molar-refractivity contribution in [2.75, 3.05) is 0 Å². The number of alkyl halides is 1. The minimum Gasteiger partial charge on any atom is -0.103 e. The van der Waals surface area contributed by atoms with Crippen LogP contribution in [0.25, 0.3) is 0 Å². The molecule has 2 unspecified atom stereocenters. The van der Waals surface area contributed by atoms with E-state index in [4.69, 9.17) is 0 Å². The van der Waals surface area contributed by atoms with Gasteiger partial charge in [0.25, 0.3) is 0 Å². The van der Waals surface area contributed by atoms with Crippen LogP contribution in [0, 0.1) is 5.92 Å². The van der Waals surface area contributed by atoms with Gasteiger partial charge < -0.3 is 0 Å². The quantitative estimate of drug-likeness (QED) is 0.303. The summed E-state index contributed by atoms with van der Waals surface area (Å²) >= 11 is 2.56. The topological polar surface area (TPSA) is 0 Å². The SMILES string of the molecule is C=CCCCCC1CC1I. The third-order valence-electron chi connectivity index (χ3n) is 2.07. The van der Waals surface area contributed by atoms with Crippen LogP contribution in [0.15, 0.2) is 12.7 Å². The van der Waals surface area contributed by atoms with Gasteiger partial charge >= 0.3 is 0 Å². The Morgan fingerprint density at radius 3 is 2.70 bits per heavy atom. The summed E-state index contributed by atoms with van der Waals surface area (Å²) in [6, 6.07) is 0. The first kappa shape index (κ1) is 8.57. The van der Waals surface area contributed by atoms with Gasteiger partial charge in [0.1, 0.15) is 0 Å². The molecule has 0 aliphatic heterocycles. The van der Waals surface area contributed by atoms with Gasteiger partial charge in [-0.2, -0.15) is 0 Å².